The maximum atomic E-state index is 13.1. The van der Waals surface area contributed by atoms with E-state index in [2.05, 4.69) is 25.9 Å². The van der Waals surface area contributed by atoms with Crippen molar-refractivity contribution in [2.75, 3.05) is 13.1 Å². The molecule has 5 rings (SSSR count). The Morgan fingerprint density at radius 2 is 2.00 bits per heavy atom. The van der Waals surface area contributed by atoms with E-state index in [1.807, 2.05) is 40.8 Å². The Bertz CT molecular complexity index is 1020. The minimum absolute atomic E-state index is 0.0846. The smallest absolute Gasteiger partial charge is 0.261 e. The van der Waals surface area contributed by atoms with Crippen LogP contribution >= 0.6 is 0 Å². The third-order valence-electron chi connectivity index (χ3n) is 5.76. The van der Waals surface area contributed by atoms with Gasteiger partial charge >= 0.3 is 0 Å². The van der Waals surface area contributed by atoms with Crippen LogP contribution in [0.1, 0.15) is 23.6 Å². The van der Waals surface area contributed by atoms with Crippen LogP contribution in [0.5, 0.6) is 0 Å². The van der Waals surface area contributed by atoms with Crippen LogP contribution in [0.2, 0.25) is 0 Å². The van der Waals surface area contributed by atoms with E-state index in [1.54, 1.807) is 12.5 Å². The summed E-state index contributed by atoms with van der Waals surface area (Å²) in [5, 5.41) is 0. The summed E-state index contributed by atoms with van der Waals surface area (Å²) in [5.41, 5.74) is 3.06. The van der Waals surface area contributed by atoms with Gasteiger partial charge in [0.1, 0.15) is 12.2 Å². The number of piperidine rings is 1. The Kier molecular flexibility index (Phi) is 3.89. The predicted octanol–water partition coefficient (Wildman–Crippen LogP) is 1.66. The third kappa shape index (κ3) is 2.88. The second kappa shape index (κ2) is 6.42. The van der Waals surface area contributed by atoms with Crippen LogP contribution in [-0.4, -0.2) is 42.1 Å². The molecule has 0 radical (unpaired) electrons. The van der Waals surface area contributed by atoms with Crippen LogP contribution in [0.25, 0.3) is 11.4 Å². The number of hydrogen-bond donors (Lipinski definition) is 0. The minimum Gasteiger partial charge on any atom is -0.334 e. The van der Waals surface area contributed by atoms with Gasteiger partial charge in [-0.1, -0.05) is 0 Å². The van der Waals surface area contributed by atoms with Gasteiger partial charge in [0.25, 0.3) is 5.56 Å². The van der Waals surface area contributed by atoms with Crippen LogP contribution in [0, 0.1) is 5.92 Å². The van der Waals surface area contributed by atoms with Crippen LogP contribution in [-0.2, 0) is 20.1 Å². The Morgan fingerprint density at radius 3 is 2.78 bits per heavy atom. The Hall–Kier alpha value is -2.80. The molecule has 2 aliphatic rings. The first-order valence-corrected chi connectivity index (χ1v) is 9.36. The number of imidazole rings is 1. The number of fused-ring (bicyclic) bond motifs is 4. The average Bonchev–Trinajstić information content (AvgIpc) is 3.09. The molecule has 5 heterocycles. The van der Waals surface area contributed by atoms with E-state index in [9.17, 15) is 4.79 Å². The third-order valence-corrected chi connectivity index (χ3v) is 5.76. The average molecular weight is 362 g/mol. The lowest BCUT2D eigenvalue weighted by Gasteiger charge is -2.42. The quantitative estimate of drug-likeness (QED) is 0.709. The molecule has 27 heavy (non-hydrogen) atoms. The van der Waals surface area contributed by atoms with E-state index < -0.39 is 0 Å². The van der Waals surface area contributed by atoms with Crippen LogP contribution in [0.3, 0.4) is 0 Å². The number of hydrogen-bond acceptors (Lipinski definition) is 5. The molecule has 0 N–H and O–H groups in total. The van der Waals surface area contributed by atoms with E-state index in [0.717, 1.165) is 49.7 Å². The van der Waals surface area contributed by atoms with Gasteiger partial charge in [0, 0.05) is 75.2 Å². The summed E-state index contributed by atoms with van der Waals surface area (Å²) < 4.78 is 3.89. The highest BCUT2D eigenvalue weighted by Crippen LogP contribution is 2.36. The Balaban J connectivity index is 1.45. The standard InChI is InChI=1S/C20H22N6O/c1-24-5-4-23-19(24)17-2-3-18-16-6-14(11-26(18)20(17)27)9-25(12-16)10-15-7-21-13-22-8-15/h2-5,7-8,13-14,16H,6,9-12H2,1H3/t14-,16+/m0/s1. The number of rotatable bonds is 3. The number of likely N-dealkylation sites (tertiary alicyclic amines) is 1. The highest BCUT2D eigenvalue weighted by molar-refractivity contribution is 5.54. The molecule has 7 heteroatoms. The fourth-order valence-electron chi connectivity index (χ4n) is 4.64. The van der Waals surface area contributed by atoms with Gasteiger partial charge in [0.05, 0.1) is 5.56 Å². The van der Waals surface area contributed by atoms with Crippen molar-refractivity contribution in [3.8, 4) is 11.4 Å². The van der Waals surface area contributed by atoms with E-state index in [4.69, 9.17) is 0 Å². The van der Waals surface area contributed by atoms with Gasteiger partial charge in [-0.3, -0.25) is 9.69 Å². The molecule has 3 aromatic heterocycles. The summed E-state index contributed by atoms with van der Waals surface area (Å²) >= 11 is 0. The largest absolute Gasteiger partial charge is 0.334 e. The molecule has 0 aromatic carbocycles. The summed E-state index contributed by atoms with van der Waals surface area (Å²) in [5.74, 6) is 1.62. The van der Waals surface area contributed by atoms with Crippen molar-refractivity contribution in [1.29, 1.82) is 0 Å². The summed E-state index contributed by atoms with van der Waals surface area (Å²) in [4.78, 5) is 28.2. The molecule has 3 aromatic rings. The minimum atomic E-state index is 0.0846. The first-order valence-electron chi connectivity index (χ1n) is 9.36. The molecule has 7 nitrogen and oxygen atoms in total. The predicted molar refractivity (Wildman–Crippen MR) is 101 cm³/mol. The topological polar surface area (TPSA) is 68.8 Å². The zero-order valence-corrected chi connectivity index (χ0v) is 15.3. The van der Waals surface area contributed by atoms with Crippen LogP contribution < -0.4 is 5.56 Å². The van der Waals surface area contributed by atoms with E-state index in [0.29, 0.717) is 17.4 Å². The second-order valence-corrected chi connectivity index (χ2v) is 7.69. The first-order chi connectivity index (χ1) is 13.2. The molecule has 2 atom stereocenters. The van der Waals surface area contributed by atoms with Gasteiger partial charge in [-0.05, 0) is 24.5 Å². The Morgan fingerprint density at radius 1 is 1.15 bits per heavy atom. The SMILES string of the molecule is Cn1ccnc1-c1ccc2n(c1=O)C[C@H]1C[C@@H]2CN(Cc2cncnc2)C1. The fourth-order valence-corrected chi connectivity index (χ4v) is 4.64. The Labute approximate surface area is 157 Å². The summed E-state index contributed by atoms with van der Waals surface area (Å²) in [6, 6.07) is 4.07. The van der Waals surface area contributed by atoms with Gasteiger partial charge in [-0.2, -0.15) is 0 Å². The zero-order chi connectivity index (χ0) is 18.4. The number of aromatic nitrogens is 5. The molecule has 1 fully saturated rings. The number of nitrogens with zero attached hydrogens (tertiary/aromatic N) is 6. The van der Waals surface area contributed by atoms with Crippen molar-refractivity contribution < 1.29 is 0 Å². The van der Waals surface area contributed by atoms with Gasteiger partial charge in [0.2, 0.25) is 0 Å². The van der Waals surface area contributed by atoms with Gasteiger partial charge in [-0.15, -0.1) is 0 Å². The van der Waals surface area contributed by atoms with Crippen LogP contribution in [0.4, 0.5) is 0 Å². The molecule has 0 unspecified atom stereocenters. The molecular formula is C20H22N6O. The van der Waals surface area contributed by atoms with Crippen molar-refractivity contribution in [3.63, 3.8) is 0 Å². The summed E-state index contributed by atoms with van der Waals surface area (Å²) in [7, 11) is 1.92. The van der Waals surface area contributed by atoms with Crippen molar-refractivity contribution in [2.45, 2.75) is 25.4 Å². The van der Waals surface area contributed by atoms with Gasteiger partial charge < -0.3 is 9.13 Å². The maximum Gasteiger partial charge on any atom is 0.261 e. The molecule has 1 saturated heterocycles. The van der Waals surface area contributed by atoms with Crippen molar-refractivity contribution in [1.82, 2.24) is 29.0 Å². The van der Waals surface area contributed by atoms with Crippen molar-refractivity contribution in [3.05, 3.63) is 64.9 Å². The second-order valence-electron chi connectivity index (χ2n) is 7.69. The highest BCUT2D eigenvalue weighted by Gasteiger charge is 2.35. The maximum absolute atomic E-state index is 13.1. The lowest BCUT2D eigenvalue weighted by atomic mass is 9.83. The first kappa shape index (κ1) is 16.4. The number of aryl methyl sites for hydroxylation is 1. The fraction of sp³-hybridized carbons (Fsp3) is 0.400. The van der Waals surface area contributed by atoms with E-state index in [1.165, 1.54) is 0 Å². The van der Waals surface area contributed by atoms with Crippen molar-refractivity contribution in [2.24, 2.45) is 13.0 Å². The summed E-state index contributed by atoms with van der Waals surface area (Å²) in [6.45, 7) is 3.62. The van der Waals surface area contributed by atoms with E-state index in [-0.39, 0.29) is 5.56 Å². The lowest BCUT2D eigenvalue weighted by Crippen LogP contribution is -2.47. The lowest BCUT2D eigenvalue weighted by molar-refractivity contribution is 0.114. The molecule has 2 bridgehead atoms. The zero-order valence-electron chi connectivity index (χ0n) is 15.3. The highest BCUT2D eigenvalue weighted by atomic mass is 16.1. The molecule has 0 aliphatic carbocycles. The summed E-state index contributed by atoms with van der Waals surface area (Å²) in [6.07, 6.45) is 10.1. The van der Waals surface area contributed by atoms with Crippen LogP contribution in [0.15, 0.2) is 48.0 Å². The van der Waals surface area contributed by atoms with Gasteiger partial charge in [-0.25, -0.2) is 15.0 Å². The monoisotopic (exact) mass is 362 g/mol. The molecule has 138 valence electrons. The molecule has 0 amide bonds. The molecule has 0 spiro atoms. The van der Waals surface area contributed by atoms with Crippen molar-refractivity contribution >= 4 is 0 Å². The van der Waals surface area contributed by atoms with E-state index >= 15 is 0 Å². The molecular weight excluding hydrogens is 340 g/mol. The van der Waals surface area contributed by atoms with Gasteiger partial charge in [0.15, 0.2) is 0 Å². The normalized spacial score (nSPS) is 21.8. The molecule has 0 saturated carbocycles. The number of pyridine rings is 1. The molecule has 2 aliphatic heterocycles.